The Hall–Kier alpha value is -2.23. The van der Waals surface area contributed by atoms with Crippen LogP contribution in [-0.4, -0.2) is 49.9 Å². The zero-order chi connectivity index (χ0) is 23.8. The van der Waals surface area contributed by atoms with Crippen LogP contribution in [0.4, 0.5) is 10.7 Å². The van der Waals surface area contributed by atoms with Crippen molar-refractivity contribution in [1.29, 1.82) is 0 Å². The van der Waals surface area contributed by atoms with E-state index in [-0.39, 0.29) is 5.54 Å². The van der Waals surface area contributed by atoms with Gasteiger partial charge < -0.3 is 15.0 Å². The van der Waals surface area contributed by atoms with E-state index in [9.17, 15) is 4.79 Å². The van der Waals surface area contributed by atoms with Gasteiger partial charge in [0.05, 0.1) is 14.9 Å². The third-order valence-corrected chi connectivity index (χ3v) is 7.34. The van der Waals surface area contributed by atoms with Crippen molar-refractivity contribution in [2.45, 2.75) is 61.5 Å². The van der Waals surface area contributed by atoms with Crippen LogP contribution in [0.2, 0.25) is 10.0 Å². The Bertz CT molecular complexity index is 1170. The van der Waals surface area contributed by atoms with Gasteiger partial charge in [-0.1, -0.05) is 41.0 Å². The molecule has 3 aromatic rings. The molecule has 1 amide bonds. The molecular formula is C22H26Cl2N6O2S. The monoisotopic (exact) mass is 508 g/mol. The van der Waals surface area contributed by atoms with Crippen LogP contribution in [0.1, 0.15) is 40.5 Å². The summed E-state index contributed by atoms with van der Waals surface area (Å²) in [6, 6.07) is 5.52. The van der Waals surface area contributed by atoms with Crippen molar-refractivity contribution in [2.75, 3.05) is 18.0 Å². The van der Waals surface area contributed by atoms with Gasteiger partial charge in [0.2, 0.25) is 5.95 Å². The fraction of sp³-hybridized carbons (Fsp3) is 0.455. The minimum Gasteiger partial charge on any atom is -0.444 e. The maximum Gasteiger partial charge on any atom is 0.408 e. The second kappa shape index (κ2) is 9.19. The van der Waals surface area contributed by atoms with E-state index in [4.69, 9.17) is 27.9 Å². The Kier molecular flexibility index (Phi) is 6.66. The first-order chi connectivity index (χ1) is 15.5. The molecule has 1 saturated heterocycles. The van der Waals surface area contributed by atoms with Crippen LogP contribution < -0.4 is 10.2 Å². The summed E-state index contributed by atoms with van der Waals surface area (Å²) in [5, 5.41) is 8.43. The lowest BCUT2D eigenvalue weighted by atomic mass is 9.90. The lowest BCUT2D eigenvalue weighted by Crippen LogP contribution is -2.54. The number of fused-ring (bicyclic) bond motifs is 1. The molecule has 1 aliphatic heterocycles. The molecular weight excluding hydrogens is 483 g/mol. The standard InChI is InChI=1S/C22H26Cl2N6O2S/c1-21(2,3)32-20(31)28-22(4)8-10-29(11-9-22)19-25-12-16(18-26-13-27-30(18)19)33-15-7-5-6-14(23)17(15)24/h5-7,12-13H,8-11H2,1-4H3,(H,28,31). The average Bonchev–Trinajstić information content (AvgIpc) is 3.21. The Morgan fingerprint density at radius 1 is 1.18 bits per heavy atom. The molecule has 0 saturated carbocycles. The predicted octanol–water partition coefficient (Wildman–Crippen LogP) is 5.47. The van der Waals surface area contributed by atoms with E-state index in [1.54, 1.807) is 16.8 Å². The molecule has 1 aromatic carbocycles. The van der Waals surface area contributed by atoms with E-state index < -0.39 is 11.7 Å². The molecule has 1 N–H and O–H groups in total. The number of anilines is 1. The molecule has 11 heteroatoms. The van der Waals surface area contributed by atoms with Crippen LogP contribution in [0.15, 0.2) is 40.5 Å². The van der Waals surface area contributed by atoms with Crippen molar-refractivity contribution in [2.24, 2.45) is 0 Å². The summed E-state index contributed by atoms with van der Waals surface area (Å²) in [6.45, 7) is 9.03. The molecule has 1 aliphatic rings. The number of benzene rings is 1. The first kappa shape index (κ1) is 23.9. The topological polar surface area (TPSA) is 84.6 Å². The van der Waals surface area contributed by atoms with Crippen molar-refractivity contribution in [3.63, 3.8) is 0 Å². The number of aromatic nitrogens is 4. The maximum atomic E-state index is 12.3. The number of halogens is 2. The van der Waals surface area contributed by atoms with E-state index in [1.807, 2.05) is 39.8 Å². The summed E-state index contributed by atoms with van der Waals surface area (Å²) in [5.74, 6) is 0.711. The fourth-order valence-corrected chi connectivity index (χ4v) is 5.02. The van der Waals surface area contributed by atoms with Gasteiger partial charge in [-0.25, -0.2) is 14.8 Å². The average molecular weight is 509 g/mol. The van der Waals surface area contributed by atoms with Gasteiger partial charge in [0.25, 0.3) is 0 Å². The van der Waals surface area contributed by atoms with Crippen molar-refractivity contribution < 1.29 is 9.53 Å². The highest BCUT2D eigenvalue weighted by Crippen LogP contribution is 2.38. The number of rotatable bonds is 4. The van der Waals surface area contributed by atoms with Crippen molar-refractivity contribution in [3.8, 4) is 0 Å². The molecule has 0 aliphatic carbocycles. The first-order valence-electron chi connectivity index (χ1n) is 10.6. The van der Waals surface area contributed by atoms with Crippen LogP contribution in [0.3, 0.4) is 0 Å². The summed E-state index contributed by atoms with van der Waals surface area (Å²) >= 11 is 14.0. The summed E-state index contributed by atoms with van der Waals surface area (Å²) < 4.78 is 7.16. The number of carbonyl (C=O) groups excluding carboxylic acids is 1. The lowest BCUT2D eigenvalue weighted by molar-refractivity contribution is 0.0448. The molecule has 1 fully saturated rings. The van der Waals surface area contributed by atoms with Gasteiger partial charge in [-0.2, -0.15) is 9.61 Å². The highest BCUT2D eigenvalue weighted by atomic mass is 35.5. The quantitative estimate of drug-likeness (QED) is 0.500. The third kappa shape index (κ3) is 5.47. The molecule has 0 radical (unpaired) electrons. The van der Waals surface area contributed by atoms with Gasteiger partial charge in [-0.15, -0.1) is 0 Å². The molecule has 3 heterocycles. The number of nitrogens with one attached hydrogen (secondary N) is 1. The molecule has 0 atom stereocenters. The van der Waals surface area contributed by atoms with Gasteiger partial charge >= 0.3 is 6.09 Å². The van der Waals surface area contributed by atoms with Gasteiger partial charge in [0, 0.05) is 29.7 Å². The SMILES string of the molecule is CC1(NC(=O)OC(C)(C)C)CCN(c2ncc(Sc3cccc(Cl)c3Cl)c3ncnn23)CC1. The van der Waals surface area contributed by atoms with Crippen LogP contribution in [-0.2, 0) is 4.74 Å². The van der Waals surface area contributed by atoms with Crippen LogP contribution >= 0.6 is 35.0 Å². The summed E-state index contributed by atoms with van der Waals surface area (Å²) in [4.78, 5) is 25.2. The number of hydrogen-bond acceptors (Lipinski definition) is 7. The van der Waals surface area contributed by atoms with Crippen molar-refractivity contribution >= 4 is 52.7 Å². The predicted molar refractivity (Wildman–Crippen MR) is 131 cm³/mol. The van der Waals surface area contributed by atoms with Gasteiger partial charge in [-0.3, -0.25) is 0 Å². The minimum absolute atomic E-state index is 0.348. The van der Waals surface area contributed by atoms with E-state index in [1.165, 1.54) is 18.1 Å². The molecule has 2 aromatic heterocycles. The Morgan fingerprint density at radius 2 is 1.91 bits per heavy atom. The molecule has 0 unspecified atom stereocenters. The van der Waals surface area contributed by atoms with Crippen LogP contribution in [0.25, 0.3) is 5.65 Å². The summed E-state index contributed by atoms with van der Waals surface area (Å²) in [6.07, 6.45) is 4.41. The van der Waals surface area contributed by atoms with Gasteiger partial charge in [-0.05, 0) is 52.7 Å². The van der Waals surface area contributed by atoms with Gasteiger partial charge in [0.1, 0.15) is 11.9 Å². The summed E-state index contributed by atoms with van der Waals surface area (Å²) in [5.41, 5.74) is -0.181. The number of amides is 1. The molecule has 176 valence electrons. The lowest BCUT2D eigenvalue weighted by Gasteiger charge is -2.40. The second-order valence-corrected chi connectivity index (χ2v) is 11.1. The Labute approximate surface area is 207 Å². The van der Waals surface area contributed by atoms with Crippen LogP contribution in [0, 0.1) is 0 Å². The third-order valence-electron chi connectivity index (χ3n) is 5.34. The Balaban J connectivity index is 1.49. The van der Waals surface area contributed by atoms with E-state index in [2.05, 4.69) is 25.3 Å². The molecule has 8 nitrogen and oxygen atoms in total. The van der Waals surface area contributed by atoms with E-state index in [0.717, 1.165) is 22.6 Å². The minimum atomic E-state index is -0.529. The molecule has 0 spiro atoms. The number of alkyl carbamates (subject to hydrolysis) is 1. The van der Waals surface area contributed by atoms with Crippen molar-refractivity contribution in [3.05, 3.63) is 40.8 Å². The maximum absolute atomic E-state index is 12.3. The number of hydrogen-bond donors (Lipinski definition) is 1. The van der Waals surface area contributed by atoms with Gasteiger partial charge in [0.15, 0.2) is 5.65 Å². The normalized spacial score (nSPS) is 16.1. The number of carbonyl (C=O) groups is 1. The summed E-state index contributed by atoms with van der Waals surface area (Å²) in [7, 11) is 0. The largest absolute Gasteiger partial charge is 0.444 e. The molecule has 33 heavy (non-hydrogen) atoms. The van der Waals surface area contributed by atoms with Crippen LogP contribution in [0.5, 0.6) is 0 Å². The zero-order valence-electron chi connectivity index (χ0n) is 18.9. The fourth-order valence-electron chi connectivity index (χ4n) is 3.63. The second-order valence-electron chi connectivity index (χ2n) is 9.25. The Morgan fingerprint density at radius 3 is 2.61 bits per heavy atom. The smallest absolute Gasteiger partial charge is 0.408 e. The zero-order valence-corrected chi connectivity index (χ0v) is 21.3. The van der Waals surface area contributed by atoms with E-state index >= 15 is 0 Å². The molecule has 4 rings (SSSR count). The number of piperidine rings is 1. The first-order valence-corrected chi connectivity index (χ1v) is 12.2. The number of nitrogens with zero attached hydrogens (tertiary/aromatic N) is 5. The molecule has 0 bridgehead atoms. The highest BCUT2D eigenvalue weighted by molar-refractivity contribution is 7.99. The highest BCUT2D eigenvalue weighted by Gasteiger charge is 2.34. The number of ether oxygens (including phenoxy) is 1. The van der Waals surface area contributed by atoms with E-state index in [0.29, 0.717) is 34.7 Å². The van der Waals surface area contributed by atoms with Crippen molar-refractivity contribution in [1.82, 2.24) is 24.9 Å².